The van der Waals surface area contributed by atoms with E-state index in [2.05, 4.69) is 0 Å². The lowest BCUT2D eigenvalue weighted by molar-refractivity contribution is -0.130. The van der Waals surface area contributed by atoms with Crippen molar-refractivity contribution in [2.75, 3.05) is 14.2 Å². The molecule has 0 fully saturated rings. The topological polar surface area (TPSA) is 66.8 Å². The molecule has 0 aliphatic rings. The summed E-state index contributed by atoms with van der Waals surface area (Å²) in [5, 5.41) is 8.87. The van der Waals surface area contributed by atoms with Crippen LogP contribution in [0.4, 0.5) is 0 Å². The number of nitrogens with zero attached hydrogens (tertiary/aromatic N) is 1. The lowest BCUT2D eigenvalue weighted by Gasteiger charge is -2.17. The molecule has 0 bridgehead atoms. The minimum Gasteiger partial charge on any atom is -0.497 e. The quantitative estimate of drug-likeness (QED) is 0.849. The van der Waals surface area contributed by atoms with Crippen molar-refractivity contribution in [2.24, 2.45) is 0 Å². The van der Waals surface area contributed by atoms with Crippen LogP contribution in [0.3, 0.4) is 0 Å². The number of ether oxygens (including phenoxy) is 1. The van der Waals surface area contributed by atoms with Crippen molar-refractivity contribution in [1.29, 1.82) is 0 Å². The highest BCUT2D eigenvalue weighted by atomic mass is 16.5. The maximum atomic E-state index is 12.3. The second kappa shape index (κ2) is 8.15. The van der Waals surface area contributed by atoms with Gasteiger partial charge in [0.05, 0.1) is 12.7 Å². The average Bonchev–Trinajstić information content (AvgIpc) is 2.60. The van der Waals surface area contributed by atoms with Crippen molar-refractivity contribution in [3.05, 3.63) is 65.2 Å². The molecule has 0 saturated carbocycles. The average molecular weight is 327 g/mol. The fourth-order valence-corrected chi connectivity index (χ4v) is 2.39. The number of hydrogen-bond donors (Lipinski definition) is 1. The van der Waals surface area contributed by atoms with Gasteiger partial charge in [0, 0.05) is 20.0 Å². The van der Waals surface area contributed by atoms with Gasteiger partial charge in [-0.05, 0) is 41.8 Å². The Hall–Kier alpha value is -2.82. The van der Waals surface area contributed by atoms with Crippen LogP contribution in [0.25, 0.3) is 0 Å². The van der Waals surface area contributed by atoms with E-state index in [0.717, 1.165) is 16.9 Å². The number of aryl methyl sites for hydroxylation is 1. The molecule has 5 nitrogen and oxygen atoms in total. The van der Waals surface area contributed by atoms with Crippen LogP contribution in [-0.2, 0) is 17.8 Å². The Bertz CT molecular complexity index is 710. The Labute approximate surface area is 141 Å². The van der Waals surface area contributed by atoms with Gasteiger partial charge in [0.25, 0.3) is 0 Å². The largest absolute Gasteiger partial charge is 0.497 e. The van der Waals surface area contributed by atoms with Gasteiger partial charge >= 0.3 is 5.97 Å². The summed E-state index contributed by atoms with van der Waals surface area (Å²) < 4.78 is 5.18. The van der Waals surface area contributed by atoms with Gasteiger partial charge in [-0.1, -0.05) is 24.3 Å². The first-order valence-corrected chi connectivity index (χ1v) is 7.68. The van der Waals surface area contributed by atoms with E-state index in [4.69, 9.17) is 9.84 Å². The van der Waals surface area contributed by atoms with Crippen LogP contribution in [0, 0.1) is 0 Å². The van der Waals surface area contributed by atoms with Gasteiger partial charge in [0.1, 0.15) is 5.75 Å². The van der Waals surface area contributed by atoms with E-state index < -0.39 is 5.97 Å². The van der Waals surface area contributed by atoms with Crippen LogP contribution >= 0.6 is 0 Å². The Morgan fingerprint density at radius 1 is 1.08 bits per heavy atom. The second-order valence-corrected chi connectivity index (χ2v) is 5.60. The van der Waals surface area contributed by atoms with E-state index in [1.165, 1.54) is 0 Å². The Balaban J connectivity index is 1.88. The molecule has 5 heteroatoms. The predicted octanol–water partition coefficient (Wildman–Crippen LogP) is 2.98. The maximum absolute atomic E-state index is 12.3. The van der Waals surface area contributed by atoms with E-state index in [-0.39, 0.29) is 11.5 Å². The molecule has 0 heterocycles. The van der Waals surface area contributed by atoms with Crippen LogP contribution in [-0.4, -0.2) is 36.0 Å². The number of carboxylic acids is 1. The molecule has 2 aromatic rings. The zero-order valence-corrected chi connectivity index (χ0v) is 13.9. The number of methoxy groups -OCH3 is 1. The zero-order valence-electron chi connectivity index (χ0n) is 13.9. The first-order valence-electron chi connectivity index (χ1n) is 7.68. The molecule has 126 valence electrons. The van der Waals surface area contributed by atoms with Gasteiger partial charge in [-0.15, -0.1) is 0 Å². The third-order valence-electron chi connectivity index (χ3n) is 3.81. The third-order valence-corrected chi connectivity index (χ3v) is 3.81. The van der Waals surface area contributed by atoms with E-state index in [1.54, 1.807) is 43.3 Å². The molecule has 0 aliphatic heterocycles. The van der Waals surface area contributed by atoms with Gasteiger partial charge in [-0.2, -0.15) is 0 Å². The summed E-state index contributed by atoms with van der Waals surface area (Å²) in [6, 6.07) is 14.2. The Morgan fingerprint density at radius 2 is 1.79 bits per heavy atom. The van der Waals surface area contributed by atoms with Crippen LogP contribution < -0.4 is 4.74 Å². The summed E-state index contributed by atoms with van der Waals surface area (Å²) in [7, 11) is 3.39. The summed E-state index contributed by atoms with van der Waals surface area (Å²) >= 11 is 0. The van der Waals surface area contributed by atoms with Crippen molar-refractivity contribution >= 4 is 11.9 Å². The van der Waals surface area contributed by atoms with Crippen molar-refractivity contribution < 1.29 is 19.4 Å². The molecule has 2 rings (SSSR count). The van der Waals surface area contributed by atoms with Crippen molar-refractivity contribution in [3.63, 3.8) is 0 Å². The number of aromatic carboxylic acids is 1. The maximum Gasteiger partial charge on any atom is 0.335 e. The summed E-state index contributed by atoms with van der Waals surface area (Å²) in [5.41, 5.74) is 2.21. The molecule has 0 radical (unpaired) electrons. The van der Waals surface area contributed by atoms with Gasteiger partial charge in [0.2, 0.25) is 5.91 Å². The van der Waals surface area contributed by atoms with Gasteiger partial charge in [-0.25, -0.2) is 4.79 Å². The SMILES string of the molecule is COc1cccc(CN(C)C(=O)CCc2ccc(C(=O)O)cc2)c1. The van der Waals surface area contributed by atoms with Crippen molar-refractivity contribution in [1.82, 2.24) is 4.90 Å². The van der Waals surface area contributed by atoms with E-state index in [0.29, 0.717) is 19.4 Å². The van der Waals surface area contributed by atoms with Crippen molar-refractivity contribution in [3.8, 4) is 5.75 Å². The van der Waals surface area contributed by atoms with Crippen LogP contribution in [0.2, 0.25) is 0 Å². The summed E-state index contributed by atoms with van der Waals surface area (Å²) in [6.07, 6.45) is 0.966. The second-order valence-electron chi connectivity index (χ2n) is 5.60. The van der Waals surface area contributed by atoms with Crippen LogP contribution in [0.1, 0.15) is 27.9 Å². The minimum absolute atomic E-state index is 0.0418. The highest BCUT2D eigenvalue weighted by molar-refractivity contribution is 5.87. The smallest absolute Gasteiger partial charge is 0.335 e. The lowest BCUT2D eigenvalue weighted by Crippen LogP contribution is -2.26. The Kier molecular flexibility index (Phi) is 5.95. The predicted molar refractivity (Wildman–Crippen MR) is 91.2 cm³/mol. The van der Waals surface area contributed by atoms with Gasteiger partial charge in [0.15, 0.2) is 0 Å². The molecule has 0 saturated heterocycles. The highest BCUT2D eigenvalue weighted by Crippen LogP contribution is 2.14. The fraction of sp³-hybridized carbons (Fsp3) is 0.263. The molecular weight excluding hydrogens is 306 g/mol. The van der Waals surface area contributed by atoms with Gasteiger partial charge < -0.3 is 14.7 Å². The minimum atomic E-state index is -0.948. The van der Waals surface area contributed by atoms with Gasteiger partial charge in [-0.3, -0.25) is 4.79 Å². The molecule has 1 amide bonds. The molecule has 0 aliphatic carbocycles. The molecule has 24 heavy (non-hydrogen) atoms. The zero-order chi connectivity index (χ0) is 17.5. The standard InChI is InChI=1S/C19H21NO4/c1-20(13-15-4-3-5-17(12-15)24-2)18(21)11-8-14-6-9-16(10-7-14)19(22)23/h3-7,9-10,12H,8,11,13H2,1-2H3,(H,22,23). The highest BCUT2D eigenvalue weighted by Gasteiger charge is 2.10. The third kappa shape index (κ3) is 4.84. The first-order chi connectivity index (χ1) is 11.5. The number of rotatable bonds is 7. The summed E-state index contributed by atoms with van der Waals surface area (Å²) in [4.78, 5) is 24.7. The molecule has 0 spiro atoms. The fourth-order valence-electron chi connectivity index (χ4n) is 2.39. The molecule has 2 aromatic carbocycles. The van der Waals surface area contributed by atoms with E-state index in [1.807, 2.05) is 24.3 Å². The monoisotopic (exact) mass is 327 g/mol. The Morgan fingerprint density at radius 3 is 2.42 bits per heavy atom. The van der Waals surface area contributed by atoms with E-state index >= 15 is 0 Å². The first kappa shape index (κ1) is 17.5. The number of carbonyl (C=O) groups is 2. The molecule has 1 N–H and O–H groups in total. The van der Waals surface area contributed by atoms with E-state index in [9.17, 15) is 9.59 Å². The van der Waals surface area contributed by atoms with Crippen molar-refractivity contribution in [2.45, 2.75) is 19.4 Å². The summed E-state index contributed by atoms with van der Waals surface area (Å²) in [5.74, 6) is -0.136. The van der Waals surface area contributed by atoms with Crippen LogP contribution in [0.15, 0.2) is 48.5 Å². The number of carboxylic acid groups (broad SMARTS) is 1. The molecule has 0 unspecified atom stereocenters. The molecule has 0 atom stereocenters. The number of benzene rings is 2. The number of carbonyl (C=O) groups excluding carboxylic acids is 1. The number of hydrogen-bond acceptors (Lipinski definition) is 3. The molecular formula is C19H21NO4. The van der Waals surface area contributed by atoms with Crippen LogP contribution in [0.5, 0.6) is 5.75 Å². The normalized spacial score (nSPS) is 10.2. The summed E-state index contributed by atoms with van der Waals surface area (Å²) in [6.45, 7) is 0.522. The lowest BCUT2D eigenvalue weighted by atomic mass is 10.1. The number of amides is 1. The molecule has 0 aromatic heterocycles.